The molecule has 44 heavy (non-hydrogen) atoms. The molecular formula is C37H43FN4O2. The second kappa shape index (κ2) is 13.2. The Hall–Kier alpha value is -3.55. The molecule has 0 amide bonds. The van der Waals surface area contributed by atoms with Gasteiger partial charge in [0.2, 0.25) is 0 Å². The standard InChI is InChI=1S/C37H43FN4O2/c38-31-13-7-12-29(21-31)33-24-41(36(20-27-10-6-11-27)37(43)44-25-28-8-2-1-3-9-28)23-30(33)22-40-18-16-32(17-19-40)42-26-39-34-14-4-5-15-35(34)42/h1-5,7-9,12-15,21,26-27,30,32-33,36H,6,10-11,16-20,22-25H2/t30-,33+,36+/m0/s1. The van der Waals surface area contributed by atoms with Gasteiger partial charge >= 0.3 is 5.97 Å². The lowest BCUT2D eigenvalue weighted by molar-refractivity contribution is -0.152. The van der Waals surface area contributed by atoms with Crippen LogP contribution < -0.4 is 0 Å². The molecule has 0 spiro atoms. The lowest BCUT2D eigenvalue weighted by Gasteiger charge is -2.35. The lowest BCUT2D eigenvalue weighted by Crippen LogP contribution is -2.44. The number of para-hydroxylation sites is 2. The minimum absolute atomic E-state index is 0.118. The van der Waals surface area contributed by atoms with E-state index in [9.17, 15) is 9.18 Å². The summed E-state index contributed by atoms with van der Waals surface area (Å²) < 4.78 is 22.7. The van der Waals surface area contributed by atoms with Gasteiger partial charge < -0.3 is 14.2 Å². The van der Waals surface area contributed by atoms with Crippen molar-refractivity contribution < 1.29 is 13.9 Å². The summed E-state index contributed by atoms with van der Waals surface area (Å²) in [5.74, 6) is 0.753. The SMILES string of the molecule is O=C(OCc1ccccc1)[C@@H](CC1CCC1)N1C[C@H](CN2CCC(n3cnc4ccccc43)CC2)[C@@H](c2cccc(F)c2)C1. The van der Waals surface area contributed by atoms with Crippen LogP contribution in [0, 0.1) is 17.7 Å². The molecule has 1 aliphatic carbocycles. The third kappa shape index (κ3) is 6.45. The Kier molecular flexibility index (Phi) is 8.76. The van der Waals surface area contributed by atoms with Crippen molar-refractivity contribution in [2.75, 3.05) is 32.7 Å². The van der Waals surface area contributed by atoms with E-state index in [1.165, 1.54) is 30.8 Å². The number of hydrogen-bond donors (Lipinski definition) is 0. The van der Waals surface area contributed by atoms with E-state index in [0.29, 0.717) is 24.5 Å². The number of fused-ring (bicyclic) bond motifs is 1. The van der Waals surface area contributed by atoms with Gasteiger partial charge in [0.1, 0.15) is 18.5 Å². The molecule has 3 atom stereocenters. The van der Waals surface area contributed by atoms with E-state index in [0.717, 1.165) is 68.6 Å². The first kappa shape index (κ1) is 29.2. The summed E-state index contributed by atoms with van der Waals surface area (Å²) in [6.45, 7) is 4.87. The molecule has 0 radical (unpaired) electrons. The van der Waals surface area contributed by atoms with E-state index in [-0.39, 0.29) is 23.7 Å². The number of carbonyl (C=O) groups excluding carboxylic acids is 1. The highest BCUT2D eigenvalue weighted by atomic mass is 19.1. The Morgan fingerprint density at radius 1 is 0.932 bits per heavy atom. The molecule has 230 valence electrons. The van der Waals surface area contributed by atoms with Gasteiger partial charge in [-0.15, -0.1) is 0 Å². The number of ether oxygens (including phenoxy) is 1. The summed E-state index contributed by atoms with van der Waals surface area (Å²) in [7, 11) is 0. The maximum Gasteiger partial charge on any atom is 0.323 e. The van der Waals surface area contributed by atoms with Gasteiger partial charge in [-0.05, 0) is 66.5 Å². The minimum atomic E-state index is -0.259. The quantitative estimate of drug-likeness (QED) is 0.189. The fourth-order valence-electron chi connectivity index (χ4n) is 7.70. The van der Waals surface area contributed by atoms with Crippen molar-refractivity contribution in [2.45, 2.75) is 63.1 Å². The van der Waals surface area contributed by atoms with Crippen LogP contribution in [0.25, 0.3) is 11.0 Å². The summed E-state index contributed by atoms with van der Waals surface area (Å²) in [5, 5.41) is 0. The molecule has 0 N–H and O–H groups in total. The van der Waals surface area contributed by atoms with Crippen molar-refractivity contribution in [3.05, 3.63) is 102 Å². The van der Waals surface area contributed by atoms with E-state index in [4.69, 9.17) is 4.74 Å². The maximum absolute atomic E-state index is 14.5. The number of carbonyl (C=O) groups is 1. The molecule has 3 fully saturated rings. The summed E-state index contributed by atoms with van der Waals surface area (Å²) in [5.41, 5.74) is 4.31. The zero-order chi connectivity index (χ0) is 29.9. The van der Waals surface area contributed by atoms with Gasteiger partial charge in [-0.2, -0.15) is 0 Å². The van der Waals surface area contributed by atoms with Crippen LogP contribution >= 0.6 is 0 Å². The topological polar surface area (TPSA) is 50.6 Å². The zero-order valence-corrected chi connectivity index (χ0v) is 25.4. The first-order valence-corrected chi connectivity index (χ1v) is 16.4. The third-order valence-electron chi connectivity index (χ3n) is 10.4. The monoisotopic (exact) mass is 594 g/mol. The summed E-state index contributed by atoms with van der Waals surface area (Å²) in [6, 6.07) is 25.6. The second-order valence-electron chi connectivity index (χ2n) is 13.2. The number of benzene rings is 3. The van der Waals surface area contributed by atoms with Crippen LogP contribution in [0.5, 0.6) is 0 Å². The smallest absolute Gasteiger partial charge is 0.323 e. The largest absolute Gasteiger partial charge is 0.460 e. The van der Waals surface area contributed by atoms with Gasteiger partial charge in [0.15, 0.2) is 0 Å². The Balaban J connectivity index is 1.06. The van der Waals surface area contributed by atoms with Gasteiger partial charge in [-0.25, -0.2) is 9.37 Å². The molecule has 6 nitrogen and oxygen atoms in total. The summed E-state index contributed by atoms with van der Waals surface area (Å²) >= 11 is 0. The molecule has 0 bridgehead atoms. The fourth-order valence-corrected chi connectivity index (χ4v) is 7.70. The fraction of sp³-hybridized carbons (Fsp3) is 0.459. The first-order valence-electron chi connectivity index (χ1n) is 16.4. The number of likely N-dealkylation sites (tertiary alicyclic amines) is 2. The second-order valence-corrected chi connectivity index (χ2v) is 13.2. The molecule has 2 aliphatic heterocycles. The van der Waals surface area contributed by atoms with Crippen LogP contribution in [0.2, 0.25) is 0 Å². The van der Waals surface area contributed by atoms with Crippen LogP contribution in [0.4, 0.5) is 4.39 Å². The highest BCUT2D eigenvalue weighted by Crippen LogP contribution is 2.39. The molecule has 0 unspecified atom stereocenters. The van der Waals surface area contributed by atoms with E-state index in [1.807, 2.05) is 48.8 Å². The van der Waals surface area contributed by atoms with Crippen molar-refractivity contribution in [3.8, 4) is 0 Å². The zero-order valence-electron chi connectivity index (χ0n) is 25.4. The van der Waals surface area contributed by atoms with Gasteiger partial charge in [0, 0.05) is 44.7 Å². The predicted molar refractivity (Wildman–Crippen MR) is 171 cm³/mol. The number of piperidine rings is 1. The number of hydrogen-bond acceptors (Lipinski definition) is 5. The molecular weight excluding hydrogens is 551 g/mol. The van der Waals surface area contributed by atoms with E-state index >= 15 is 0 Å². The summed E-state index contributed by atoms with van der Waals surface area (Å²) in [4.78, 5) is 23.3. The van der Waals surface area contributed by atoms with Crippen LogP contribution in [0.1, 0.15) is 61.6 Å². The molecule has 3 aromatic carbocycles. The summed E-state index contributed by atoms with van der Waals surface area (Å²) in [6.07, 6.45) is 8.63. The van der Waals surface area contributed by atoms with Gasteiger partial charge in [0.05, 0.1) is 17.4 Å². The van der Waals surface area contributed by atoms with Crippen LogP contribution in [-0.4, -0.2) is 64.1 Å². The van der Waals surface area contributed by atoms with Gasteiger partial charge in [0.25, 0.3) is 0 Å². The van der Waals surface area contributed by atoms with Crippen LogP contribution in [-0.2, 0) is 16.1 Å². The Morgan fingerprint density at radius 3 is 2.50 bits per heavy atom. The van der Waals surface area contributed by atoms with E-state index in [2.05, 4.69) is 43.6 Å². The van der Waals surface area contributed by atoms with Crippen molar-refractivity contribution in [1.82, 2.24) is 19.4 Å². The molecule has 1 saturated carbocycles. The van der Waals surface area contributed by atoms with Gasteiger partial charge in [-0.1, -0.05) is 73.9 Å². The molecule has 1 aromatic heterocycles. The lowest BCUT2D eigenvalue weighted by atomic mass is 9.80. The number of esters is 1. The Morgan fingerprint density at radius 2 is 1.73 bits per heavy atom. The predicted octanol–water partition coefficient (Wildman–Crippen LogP) is 6.83. The molecule has 7 rings (SSSR count). The number of rotatable bonds is 10. The third-order valence-corrected chi connectivity index (χ3v) is 10.4. The average Bonchev–Trinajstić information content (AvgIpc) is 3.65. The maximum atomic E-state index is 14.5. The Labute approximate surface area is 259 Å². The van der Waals surface area contributed by atoms with Crippen LogP contribution in [0.15, 0.2) is 85.2 Å². The highest BCUT2D eigenvalue weighted by molar-refractivity contribution is 5.76. The van der Waals surface area contributed by atoms with Gasteiger partial charge in [-0.3, -0.25) is 9.69 Å². The minimum Gasteiger partial charge on any atom is -0.460 e. The molecule has 4 aromatic rings. The normalized spacial score (nSPS) is 22.7. The number of imidazole rings is 1. The number of halogens is 1. The van der Waals surface area contributed by atoms with Crippen molar-refractivity contribution in [2.24, 2.45) is 11.8 Å². The highest BCUT2D eigenvalue weighted by Gasteiger charge is 2.42. The van der Waals surface area contributed by atoms with E-state index < -0.39 is 0 Å². The molecule has 3 aliphatic rings. The average molecular weight is 595 g/mol. The van der Waals surface area contributed by atoms with E-state index in [1.54, 1.807) is 6.07 Å². The first-order chi connectivity index (χ1) is 21.6. The number of aromatic nitrogens is 2. The van der Waals surface area contributed by atoms with Crippen molar-refractivity contribution in [3.63, 3.8) is 0 Å². The van der Waals surface area contributed by atoms with Crippen LogP contribution in [0.3, 0.4) is 0 Å². The number of nitrogens with zero attached hydrogens (tertiary/aromatic N) is 4. The van der Waals surface area contributed by atoms with Crippen molar-refractivity contribution >= 4 is 17.0 Å². The molecule has 2 saturated heterocycles. The molecule has 7 heteroatoms. The Bertz CT molecular complexity index is 1550. The molecule has 3 heterocycles. The van der Waals surface area contributed by atoms with Crippen molar-refractivity contribution in [1.29, 1.82) is 0 Å².